The maximum Gasteiger partial charge on any atom is 0.331 e. The van der Waals surface area contributed by atoms with Gasteiger partial charge < -0.3 is 24.9 Å². The summed E-state index contributed by atoms with van der Waals surface area (Å²) in [4.78, 5) is 24.1. The average Bonchev–Trinajstić information content (AvgIpc) is 3.21. The van der Waals surface area contributed by atoms with Gasteiger partial charge in [-0.2, -0.15) is 0 Å². The van der Waals surface area contributed by atoms with Gasteiger partial charge in [0.1, 0.15) is 12.9 Å². The Labute approximate surface area is 171 Å². The number of carbonyl (C=O) groups is 2. The highest BCUT2D eigenvalue weighted by Gasteiger charge is 2.71. The van der Waals surface area contributed by atoms with E-state index in [9.17, 15) is 24.9 Å². The van der Waals surface area contributed by atoms with E-state index in [1.165, 1.54) is 0 Å². The molecule has 5 rings (SSSR count). The summed E-state index contributed by atoms with van der Waals surface area (Å²) in [5.41, 5.74) is -2.34. The minimum atomic E-state index is -1.18. The predicted octanol–water partition coefficient (Wildman–Crippen LogP) is 1.90. The molecule has 3 N–H and O–H groups in total. The van der Waals surface area contributed by atoms with Crippen LogP contribution in [0.1, 0.15) is 64.7 Å². The number of aldehydes is 1. The molecule has 0 saturated heterocycles. The topological polar surface area (TPSA) is 104 Å². The Morgan fingerprint density at radius 1 is 1.07 bits per heavy atom. The molecule has 1 aliphatic heterocycles. The van der Waals surface area contributed by atoms with Crippen molar-refractivity contribution < 1.29 is 29.6 Å². The fourth-order valence-electron chi connectivity index (χ4n) is 8.34. The zero-order valence-corrected chi connectivity index (χ0v) is 17.1. The Morgan fingerprint density at radius 2 is 1.83 bits per heavy atom. The maximum atomic E-state index is 12.5. The smallest absolute Gasteiger partial charge is 0.331 e. The van der Waals surface area contributed by atoms with E-state index in [1.807, 2.05) is 0 Å². The van der Waals surface area contributed by atoms with Crippen molar-refractivity contribution in [3.05, 3.63) is 11.6 Å². The van der Waals surface area contributed by atoms with Crippen molar-refractivity contribution in [3.63, 3.8) is 0 Å². The molecule has 1 heterocycles. The summed E-state index contributed by atoms with van der Waals surface area (Å²) in [6.45, 7) is 2.46. The van der Waals surface area contributed by atoms with Crippen LogP contribution in [0.3, 0.4) is 0 Å². The molecular weight excluding hydrogens is 372 g/mol. The second-order valence-electron chi connectivity index (χ2n) is 10.6. The van der Waals surface area contributed by atoms with E-state index >= 15 is 0 Å². The van der Waals surface area contributed by atoms with Gasteiger partial charge in [-0.15, -0.1) is 0 Å². The molecule has 0 radical (unpaired) electrons. The number of ether oxygens (including phenoxy) is 1. The second-order valence-corrected chi connectivity index (χ2v) is 10.6. The van der Waals surface area contributed by atoms with Crippen molar-refractivity contribution in [3.8, 4) is 0 Å². The Kier molecular flexibility index (Phi) is 4.18. The van der Waals surface area contributed by atoms with Gasteiger partial charge in [-0.25, -0.2) is 4.79 Å². The first-order valence-corrected chi connectivity index (χ1v) is 11.2. The largest absolute Gasteiger partial charge is 0.458 e. The highest BCUT2D eigenvalue weighted by Crippen LogP contribution is 2.70. The van der Waals surface area contributed by atoms with Crippen LogP contribution in [0.2, 0.25) is 0 Å². The number of cyclic esters (lactones) is 1. The number of hydrogen-bond donors (Lipinski definition) is 3. The average molecular weight is 405 g/mol. The van der Waals surface area contributed by atoms with E-state index < -0.39 is 22.7 Å². The maximum absolute atomic E-state index is 12.5. The molecule has 0 spiro atoms. The van der Waals surface area contributed by atoms with Crippen LogP contribution in [0.25, 0.3) is 0 Å². The van der Waals surface area contributed by atoms with Crippen LogP contribution < -0.4 is 0 Å². The molecule has 29 heavy (non-hydrogen) atoms. The number of fused-ring (bicyclic) bond motifs is 5. The number of esters is 1. The highest BCUT2D eigenvalue weighted by atomic mass is 16.5. The molecule has 0 bridgehead atoms. The van der Waals surface area contributed by atoms with Crippen molar-refractivity contribution in [2.75, 3.05) is 6.61 Å². The Morgan fingerprint density at radius 3 is 2.52 bits per heavy atom. The van der Waals surface area contributed by atoms with Crippen LogP contribution in [-0.4, -0.2) is 51.5 Å². The molecule has 4 saturated carbocycles. The molecule has 5 aliphatic rings. The van der Waals surface area contributed by atoms with Gasteiger partial charge in [0.2, 0.25) is 0 Å². The van der Waals surface area contributed by atoms with Crippen LogP contribution in [0.5, 0.6) is 0 Å². The first kappa shape index (κ1) is 19.7. The van der Waals surface area contributed by atoms with E-state index in [2.05, 4.69) is 6.92 Å². The van der Waals surface area contributed by atoms with Gasteiger partial charge >= 0.3 is 5.97 Å². The third kappa shape index (κ3) is 2.34. The molecule has 8 atom stereocenters. The lowest BCUT2D eigenvalue weighted by Gasteiger charge is -2.65. The summed E-state index contributed by atoms with van der Waals surface area (Å²) in [5.74, 6) is -0.304. The van der Waals surface area contributed by atoms with Gasteiger partial charge in [-0.05, 0) is 74.7 Å². The van der Waals surface area contributed by atoms with Crippen molar-refractivity contribution in [1.29, 1.82) is 0 Å². The summed E-state index contributed by atoms with van der Waals surface area (Å²) < 4.78 is 5.15. The third-order valence-electron chi connectivity index (χ3n) is 9.85. The predicted molar refractivity (Wildman–Crippen MR) is 104 cm³/mol. The lowest BCUT2D eigenvalue weighted by molar-refractivity contribution is -0.248. The van der Waals surface area contributed by atoms with Gasteiger partial charge in [-0.1, -0.05) is 6.92 Å². The molecule has 6 heteroatoms. The monoisotopic (exact) mass is 404 g/mol. The minimum absolute atomic E-state index is 0.0504. The van der Waals surface area contributed by atoms with E-state index in [-0.39, 0.29) is 35.6 Å². The van der Waals surface area contributed by atoms with E-state index in [1.54, 1.807) is 6.08 Å². The second kappa shape index (κ2) is 6.14. The molecule has 160 valence electrons. The third-order valence-corrected chi connectivity index (χ3v) is 9.85. The highest BCUT2D eigenvalue weighted by molar-refractivity contribution is 5.85. The zero-order chi connectivity index (χ0) is 20.7. The number of aliphatic hydroxyl groups excluding tert-OH is 1. The first-order chi connectivity index (χ1) is 13.7. The van der Waals surface area contributed by atoms with E-state index in [0.29, 0.717) is 38.7 Å². The van der Waals surface area contributed by atoms with Crippen molar-refractivity contribution >= 4 is 12.3 Å². The van der Waals surface area contributed by atoms with Crippen molar-refractivity contribution in [2.45, 2.75) is 82.0 Å². The Balaban J connectivity index is 1.52. The fourth-order valence-corrected chi connectivity index (χ4v) is 8.34. The minimum Gasteiger partial charge on any atom is -0.458 e. The molecule has 0 amide bonds. The lowest BCUT2D eigenvalue weighted by atomic mass is 9.41. The fraction of sp³-hybridized carbons (Fsp3) is 0.826. The summed E-state index contributed by atoms with van der Waals surface area (Å²) in [6.07, 6.45) is 7.36. The normalized spacial score (nSPS) is 54.1. The molecule has 0 aromatic rings. The van der Waals surface area contributed by atoms with Crippen LogP contribution in [0, 0.1) is 28.6 Å². The quantitative estimate of drug-likeness (QED) is 0.480. The molecule has 4 fully saturated rings. The molecule has 6 nitrogen and oxygen atoms in total. The number of aliphatic hydroxyl groups is 3. The lowest BCUT2D eigenvalue weighted by Crippen LogP contribution is -2.68. The zero-order valence-electron chi connectivity index (χ0n) is 17.1. The van der Waals surface area contributed by atoms with E-state index in [4.69, 9.17) is 4.74 Å². The molecular formula is C23H32O6. The molecule has 1 unspecified atom stereocenters. The summed E-state index contributed by atoms with van der Waals surface area (Å²) in [6, 6.07) is 0. The summed E-state index contributed by atoms with van der Waals surface area (Å²) in [5, 5.41) is 33.7. The number of rotatable bonds is 2. The van der Waals surface area contributed by atoms with Gasteiger partial charge in [0, 0.05) is 17.9 Å². The van der Waals surface area contributed by atoms with Gasteiger partial charge in [0.05, 0.1) is 22.7 Å². The number of hydrogen-bond acceptors (Lipinski definition) is 6. The van der Waals surface area contributed by atoms with Crippen LogP contribution in [-0.2, 0) is 14.3 Å². The molecule has 0 aromatic carbocycles. The first-order valence-electron chi connectivity index (χ1n) is 11.2. The van der Waals surface area contributed by atoms with Crippen LogP contribution in [0.15, 0.2) is 11.6 Å². The SMILES string of the molecule is C[C@]12CC[C@H]3[C@@H](CC[C@]4(O)C[C@@H](O)CC[C@]34C=O)C1(O)CC[C@@H]2C1=CC(=O)OC1. The Bertz CT molecular complexity index is 777. The van der Waals surface area contributed by atoms with E-state index in [0.717, 1.165) is 31.1 Å². The molecule has 4 aliphatic carbocycles. The van der Waals surface area contributed by atoms with Crippen molar-refractivity contribution in [2.24, 2.45) is 28.6 Å². The molecule has 0 aromatic heterocycles. The summed E-state index contributed by atoms with van der Waals surface area (Å²) in [7, 11) is 0. The number of carbonyl (C=O) groups excluding carboxylic acids is 2. The standard InChI is InChI=1S/C23H32O6/c1-20-6-3-17-18(4-8-22(27)11-15(25)2-7-21(17,22)13-24)23(20,28)9-5-16(20)14-10-19(26)29-12-14/h10,13,15-18,25,27-28H,2-9,11-12H2,1H3/t15-,16+,17-,18+,20+,21-,22-,23?/m0/s1. The van der Waals surface area contributed by atoms with Gasteiger partial charge in [0.15, 0.2) is 0 Å². The van der Waals surface area contributed by atoms with Crippen LogP contribution in [0.4, 0.5) is 0 Å². The van der Waals surface area contributed by atoms with Gasteiger partial charge in [0.25, 0.3) is 0 Å². The Hall–Kier alpha value is -1.24. The van der Waals surface area contributed by atoms with Gasteiger partial charge in [-0.3, -0.25) is 0 Å². The summed E-state index contributed by atoms with van der Waals surface area (Å²) >= 11 is 0. The van der Waals surface area contributed by atoms with Crippen molar-refractivity contribution in [1.82, 2.24) is 0 Å². The van der Waals surface area contributed by atoms with Crippen LogP contribution >= 0.6 is 0 Å².